The zero-order valence-electron chi connectivity index (χ0n) is 22.6. The number of halogens is 3. The molecule has 2 aromatic rings. The molecule has 6 nitrogen and oxygen atoms in total. The molecule has 9 heteroatoms. The molecule has 3 atom stereocenters. The molecule has 3 unspecified atom stereocenters. The number of ether oxygens (including phenoxy) is 1. The van der Waals surface area contributed by atoms with Crippen LogP contribution in [0, 0.1) is 5.92 Å². The Morgan fingerprint density at radius 1 is 1.26 bits per heavy atom. The summed E-state index contributed by atoms with van der Waals surface area (Å²) in [6.07, 6.45) is 7.10. The third kappa shape index (κ3) is 8.34. The Bertz CT molecular complexity index is 1130. The molecule has 1 aromatic carbocycles. The van der Waals surface area contributed by atoms with Crippen LogP contribution in [0.15, 0.2) is 43.0 Å². The lowest BCUT2D eigenvalue weighted by molar-refractivity contribution is -0.118. The van der Waals surface area contributed by atoms with Crippen LogP contribution in [0.5, 0.6) is 0 Å². The first kappa shape index (κ1) is 31.9. The van der Waals surface area contributed by atoms with Crippen molar-refractivity contribution in [2.45, 2.75) is 65.1 Å². The number of nitrogens with zero attached hydrogens (tertiary/aromatic N) is 2. The minimum Gasteiger partial charge on any atom is -0.392 e. The molecule has 0 aliphatic carbocycles. The molecule has 208 valence electrons. The predicted octanol–water partition coefficient (Wildman–Crippen LogP) is 6.98. The van der Waals surface area contributed by atoms with Gasteiger partial charge in [0.25, 0.3) is 0 Å². The summed E-state index contributed by atoms with van der Waals surface area (Å²) < 4.78 is 20.6. The maximum absolute atomic E-state index is 15.1. The molecule has 2 N–H and O–H groups in total. The van der Waals surface area contributed by atoms with Crippen molar-refractivity contribution in [3.05, 3.63) is 75.7 Å². The van der Waals surface area contributed by atoms with E-state index in [4.69, 9.17) is 27.9 Å². The van der Waals surface area contributed by atoms with Crippen LogP contribution >= 0.6 is 23.2 Å². The van der Waals surface area contributed by atoms with Crippen molar-refractivity contribution < 1.29 is 19.0 Å². The maximum atomic E-state index is 15.1. The number of aliphatic hydroxyl groups excluding tert-OH is 1. The number of aromatic nitrogens is 2. The van der Waals surface area contributed by atoms with Crippen molar-refractivity contribution in [3.63, 3.8) is 0 Å². The molecule has 0 spiro atoms. The van der Waals surface area contributed by atoms with Crippen molar-refractivity contribution in [1.82, 2.24) is 9.97 Å². The molecular formula is C29H38Cl2FN3O3. The topological polar surface area (TPSA) is 84.3 Å². The summed E-state index contributed by atoms with van der Waals surface area (Å²) in [6.45, 7) is 11.8. The zero-order valence-corrected chi connectivity index (χ0v) is 24.1. The number of aryl methyl sites for hydroxylation is 1. The summed E-state index contributed by atoms with van der Waals surface area (Å²) >= 11 is 12.8. The highest BCUT2D eigenvalue weighted by Gasteiger charge is 2.31. The van der Waals surface area contributed by atoms with Crippen LogP contribution in [0.2, 0.25) is 10.3 Å². The summed E-state index contributed by atoms with van der Waals surface area (Å²) in [5, 5.41) is 13.2. The number of hydrogen-bond acceptors (Lipinski definition) is 6. The van der Waals surface area contributed by atoms with Gasteiger partial charge >= 0.3 is 0 Å². The summed E-state index contributed by atoms with van der Waals surface area (Å²) in [6, 6.07) is 4.59. The Morgan fingerprint density at radius 3 is 2.63 bits per heavy atom. The van der Waals surface area contributed by atoms with Crippen molar-refractivity contribution in [1.29, 1.82) is 0 Å². The number of allylic oxidation sites excluding steroid dienone is 2. The Morgan fingerprint density at radius 2 is 2.00 bits per heavy atom. The molecule has 2 rings (SSSR count). The monoisotopic (exact) mass is 565 g/mol. The molecule has 1 aromatic heterocycles. The van der Waals surface area contributed by atoms with Gasteiger partial charge in [0.2, 0.25) is 5.28 Å². The van der Waals surface area contributed by atoms with Crippen molar-refractivity contribution in [2.75, 3.05) is 25.1 Å². The second kappa shape index (κ2) is 15.3. The van der Waals surface area contributed by atoms with Gasteiger partial charge in [-0.2, -0.15) is 0 Å². The largest absolute Gasteiger partial charge is 0.392 e. The fourth-order valence-electron chi connectivity index (χ4n) is 3.98. The number of carbonyl (C=O) groups excluding carboxylic acids is 1. The molecule has 0 fully saturated rings. The smallest absolute Gasteiger partial charge is 0.224 e. The second-order valence-corrected chi connectivity index (χ2v) is 9.95. The van der Waals surface area contributed by atoms with Crippen LogP contribution in [0.4, 0.5) is 10.2 Å². The number of alkyl halides is 1. The van der Waals surface area contributed by atoms with Gasteiger partial charge in [-0.1, -0.05) is 63.2 Å². The van der Waals surface area contributed by atoms with Crippen molar-refractivity contribution in [2.24, 2.45) is 5.92 Å². The Kier molecular flexibility index (Phi) is 12.9. The molecule has 0 aliphatic rings. The van der Waals surface area contributed by atoms with Gasteiger partial charge in [0, 0.05) is 30.3 Å². The summed E-state index contributed by atoms with van der Waals surface area (Å²) in [7, 11) is 0. The third-order valence-electron chi connectivity index (χ3n) is 6.38. The van der Waals surface area contributed by atoms with Crippen LogP contribution in [-0.2, 0) is 28.0 Å². The van der Waals surface area contributed by atoms with Crippen LogP contribution in [0.1, 0.15) is 69.0 Å². The number of ketones is 1. The minimum absolute atomic E-state index is 0.0327. The second-order valence-electron chi connectivity index (χ2n) is 9.23. The zero-order chi connectivity index (χ0) is 28.3. The van der Waals surface area contributed by atoms with E-state index in [0.717, 1.165) is 23.8 Å². The van der Waals surface area contributed by atoms with Gasteiger partial charge in [-0.15, -0.1) is 0 Å². The van der Waals surface area contributed by atoms with E-state index in [2.05, 4.69) is 21.9 Å². The van der Waals surface area contributed by atoms with Crippen LogP contribution in [0.3, 0.4) is 0 Å². The summed E-state index contributed by atoms with van der Waals surface area (Å²) in [5.41, 5.74) is 0.147. The maximum Gasteiger partial charge on any atom is 0.224 e. The van der Waals surface area contributed by atoms with Gasteiger partial charge in [0.05, 0.1) is 23.4 Å². The number of carbonyl (C=O) groups is 1. The van der Waals surface area contributed by atoms with E-state index >= 15 is 4.39 Å². The molecule has 0 amide bonds. The average Bonchev–Trinajstić information content (AvgIpc) is 2.91. The van der Waals surface area contributed by atoms with Gasteiger partial charge < -0.3 is 15.2 Å². The normalized spacial score (nSPS) is 14.7. The first-order valence-corrected chi connectivity index (χ1v) is 13.7. The fraction of sp³-hybridized carbons (Fsp3) is 0.483. The molecule has 38 heavy (non-hydrogen) atoms. The van der Waals surface area contributed by atoms with E-state index in [0.29, 0.717) is 43.9 Å². The quantitative estimate of drug-likeness (QED) is 0.0987. The predicted molar refractivity (Wildman–Crippen MR) is 153 cm³/mol. The first-order chi connectivity index (χ1) is 18.1. The highest BCUT2D eigenvalue weighted by atomic mass is 35.5. The first-order valence-electron chi connectivity index (χ1n) is 12.9. The number of aliphatic hydroxyl groups is 1. The van der Waals surface area contributed by atoms with Gasteiger partial charge in [-0.3, -0.25) is 4.79 Å². The molecule has 0 bridgehead atoms. The van der Waals surface area contributed by atoms with Crippen molar-refractivity contribution >= 4 is 34.8 Å². The SMILES string of the molecule is C=CC(F)(CO)c1cccc(C(C)Nc2nc(Cl)nc(CC)c2C/C=C/C(=O)C(C)CCOCCC)c1Cl. The van der Waals surface area contributed by atoms with Crippen LogP contribution in [-0.4, -0.2) is 40.7 Å². The standard InChI is InChI=1S/C29H38Cl2FN3O3/c1-6-16-38-17-15-19(4)25(37)14-10-12-22-24(7-2)34-28(31)35-27(22)33-20(5)21-11-9-13-23(26(21)30)29(32,8-3)18-36/h8-11,13-14,19-20,36H,3,6-7,12,15-18H2,1-2,4-5H3,(H,33,34,35)/b14-10+. The van der Waals surface area contributed by atoms with Crippen LogP contribution in [0.25, 0.3) is 0 Å². The van der Waals surface area contributed by atoms with E-state index in [9.17, 15) is 9.90 Å². The summed E-state index contributed by atoms with van der Waals surface area (Å²) in [5.74, 6) is 0.399. The van der Waals surface area contributed by atoms with Gasteiger partial charge in [-0.25, -0.2) is 14.4 Å². The lowest BCUT2D eigenvalue weighted by Gasteiger charge is -2.24. The average molecular weight is 567 g/mol. The highest BCUT2D eigenvalue weighted by molar-refractivity contribution is 6.32. The fourth-order valence-corrected chi connectivity index (χ4v) is 4.61. The van der Waals surface area contributed by atoms with Crippen LogP contribution < -0.4 is 5.32 Å². The molecule has 0 radical (unpaired) electrons. The van der Waals surface area contributed by atoms with E-state index in [1.807, 2.05) is 33.8 Å². The third-order valence-corrected chi connectivity index (χ3v) is 6.97. The lowest BCUT2D eigenvalue weighted by Crippen LogP contribution is -2.23. The van der Waals surface area contributed by atoms with Crippen molar-refractivity contribution in [3.8, 4) is 0 Å². The molecular weight excluding hydrogens is 528 g/mol. The number of anilines is 1. The van der Waals surface area contributed by atoms with Gasteiger partial charge in [-0.05, 0) is 61.9 Å². The Balaban J connectivity index is 2.28. The molecule has 1 heterocycles. The van der Waals surface area contributed by atoms with E-state index < -0.39 is 18.3 Å². The van der Waals surface area contributed by atoms with Gasteiger partial charge in [0.1, 0.15) is 5.82 Å². The number of hydrogen-bond donors (Lipinski definition) is 2. The molecule has 0 saturated heterocycles. The van der Waals surface area contributed by atoms with Gasteiger partial charge in [0.15, 0.2) is 11.5 Å². The number of rotatable bonds is 16. The Hall–Kier alpha value is -2.32. The summed E-state index contributed by atoms with van der Waals surface area (Å²) in [4.78, 5) is 21.4. The number of nitrogens with one attached hydrogen (secondary N) is 1. The molecule has 0 saturated carbocycles. The number of benzene rings is 1. The molecule has 0 aliphatic heterocycles. The minimum atomic E-state index is -2.16. The van der Waals surface area contributed by atoms with E-state index in [1.165, 1.54) is 6.07 Å². The Labute approximate surface area is 235 Å². The lowest BCUT2D eigenvalue weighted by atomic mass is 9.93. The van der Waals surface area contributed by atoms with E-state index in [-0.39, 0.29) is 27.6 Å². The van der Waals surface area contributed by atoms with E-state index in [1.54, 1.807) is 18.2 Å². The highest BCUT2D eigenvalue weighted by Crippen LogP contribution is 2.37.